The molecule has 2 saturated carbocycles. The highest BCUT2D eigenvalue weighted by atomic mass is 16.6. The van der Waals surface area contributed by atoms with Crippen LogP contribution in [-0.2, 0) is 4.74 Å². The van der Waals surface area contributed by atoms with Crippen LogP contribution in [0.15, 0.2) is 0 Å². The molecule has 4 nitrogen and oxygen atoms in total. The number of carbonyl (C=O) groups is 1. The van der Waals surface area contributed by atoms with E-state index in [1.807, 2.05) is 20.8 Å². The Morgan fingerprint density at radius 2 is 1.68 bits per heavy atom. The summed E-state index contributed by atoms with van der Waals surface area (Å²) < 4.78 is 5.35. The van der Waals surface area contributed by atoms with Crippen LogP contribution in [0.1, 0.15) is 79.1 Å². The molecule has 2 aliphatic carbocycles. The normalized spacial score (nSPS) is 33.3. The zero-order valence-electron chi connectivity index (χ0n) is 14.8. The van der Waals surface area contributed by atoms with Crippen molar-refractivity contribution in [3.8, 4) is 0 Å². The SMILES string of the molecule is CC1CCCCCC1NC1CCC(NC(=O)OC(C)(C)C)C1. The minimum absolute atomic E-state index is 0.258. The van der Waals surface area contributed by atoms with Gasteiger partial charge in [0, 0.05) is 18.1 Å². The van der Waals surface area contributed by atoms with Crippen molar-refractivity contribution >= 4 is 6.09 Å². The van der Waals surface area contributed by atoms with E-state index in [0.29, 0.717) is 12.1 Å². The van der Waals surface area contributed by atoms with Crippen molar-refractivity contribution in [3.63, 3.8) is 0 Å². The van der Waals surface area contributed by atoms with Gasteiger partial charge in [-0.2, -0.15) is 0 Å². The molecule has 0 aromatic carbocycles. The van der Waals surface area contributed by atoms with Gasteiger partial charge in [0.15, 0.2) is 0 Å². The number of carbonyl (C=O) groups excluding carboxylic acids is 1. The van der Waals surface area contributed by atoms with Crippen LogP contribution < -0.4 is 10.6 Å². The van der Waals surface area contributed by atoms with Crippen molar-refractivity contribution in [2.24, 2.45) is 5.92 Å². The monoisotopic (exact) mass is 310 g/mol. The summed E-state index contributed by atoms with van der Waals surface area (Å²) in [5.74, 6) is 0.778. The maximum Gasteiger partial charge on any atom is 0.407 e. The highest BCUT2D eigenvalue weighted by Crippen LogP contribution is 2.26. The molecule has 1 amide bonds. The van der Waals surface area contributed by atoms with Crippen molar-refractivity contribution in [2.45, 2.75) is 103 Å². The van der Waals surface area contributed by atoms with Crippen molar-refractivity contribution in [3.05, 3.63) is 0 Å². The molecule has 0 heterocycles. The molecule has 4 heteroatoms. The molecule has 0 saturated heterocycles. The molecular weight excluding hydrogens is 276 g/mol. The van der Waals surface area contributed by atoms with E-state index in [2.05, 4.69) is 17.6 Å². The Labute approximate surface area is 135 Å². The Morgan fingerprint density at radius 1 is 1.00 bits per heavy atom. The summed E-state index contributed by atoms with van der Waals surface area (Å²) in [6.07, 6.45) is 9.74. The maximum atomic E-state index is 11.9. The molecule has 2 aliphatic rings. The van der Waals surface area contributed by atoms with Crippen LogP contribution >= 0.6 is 0 Å². The van der Waals surface area contributed by atoms with Gasteiger partial charge in [0.2, 0.25) is 0 Å². The van der Waals surface area contributed by atoms with Gasteiger partial charge < -0.3 is 15.4 Å². The zero-order chi connectivity index (χ0) is 16.2. The molecule has 0 bridgehead atoms. The minimum atomic E-state index is -0.421. The third-order valence-electron chi connectivity index (χ3n) is 4.96. The third-order valence-corrected chi connectivity index (χ3v) is 4.96. The molecule has 4 unspecified atom stereocenters. The number of rotatable bonds is 3. The van der Waals surface area contributed by atoms with Crippen molar-refractivity contribution in [1.82, 2.24) is 10.6 Å². The Balaban J connectivity index is 1.74. The predicted molar refractivity (Wildman–Crippen MR) is 90.0 cm³/mol. The van der Waals surface area contributed by atoms with Crippen LogP contribution in [0.2, 0.25) is 0 Å². The number of amides is 1. The summed E-state index contributed by atoms with van der Waals surface area (Å²) >= 11 is 0. The average molecular weight is 310 g/mol. The lowest BCUT2D eigenvalue weighted by Crippen LogP contribution is -2.42. The van der Waals surface area contributed by atoms with Crippen LogP contribution in [0.4, 0.5) is 4.79 Å². The molecule has 2 fully saturated rings. The molecule has 0 aromatic rings. The van der Waals surface area contributed by atoms with Gasteiger partial charge in [0.1, 0.15) is 5.60 Å². The summed E-state index contributed by atoms with van der Waals surface area (Å²) in [5.41, 5.74) is -0.421. The first kappa shape index (κ1) is 17.6. The van der Waals surface area contributed by atoms with Gasteiger partial charge in [-0.05, 0) is 58.8 Å². The van der Waals surface area contributed by atoms with E-state index < -0.39 is 5.60 Å². The topological polar surface area (TPSA) is 50.4 Å². The quantitative estimate of drug-likeness (QED) is 0.775. The maximum absolute atomic E-state index is 11.9. The molecule has 0 spiro atoms. The van der Waals surface area contributed by atoms with Crippen molar-refractivity contribution < 1.29 is 9.53 Å². The van der Waals surface area contributed by atoms with E-state index in [4.69, 9.17) is 4.74 Å². The fourth-order valence-corrected chi connectivity index (χ4v) is 3.78. The first-order valence-corrected chi connectivity index (χ1v) is 9.09. The zero-order valence-corrected chi connectivity index (χ0v) is 14.8. The van der Waals surface area contributed by atoms with Crippen LogP contribution in [0, 0.1) is 5.92 Å². The molecule has 0 radical (unpaired) electrons. The van der Waals surface area contributed by atoms with Gasteiger partial charge >= 0.3 is 6.09 Å². The van der Waals surface area contributed by atoms with E-state index >= 15 is 0 Å². The molecule has 2 N–H and O–H groups in total. The summed E-state index contributed by atoms with van der Waals surface area (Å²) in [5, 5.41) is 6.89. The first-order chi connectivity index (χ1) is 10.3. The molecular formula is C18H34N2O2. The average Bonchev–Trinajstić information content (AvgIpc) is 2.71. The molecule has 22 heavy (non-hydrogen) atoms. The van der Waals surface area contributed by atoms with Gasteiger partial charge in [-0.15, -0.1) is 0 Å². The smallest absolute Gasteiger partial charge is 0.407 e. The number of hydrogen-bond donors (Lipinski definition) is 2. The second-order valence-electron chi connectivity index (χ2n) is 8.24. The van der Waals surface area contributed by atoms with E-state index in [1.54, 1.807) is 0 Å². The van der Waals surface area contributed by atoms with E-state index in [0.717, 1.165) is 25.2 Å². The van der Waals surface area contributed by atoms with Gasteiger partial charge in [0.25, 0.3) is 0 Å². The van der Waals surface area contributed by atoms with Gasteiger partial charge in [-0.3, -0.25) is 0 Å². The fraction of sp³-hybridized carbons (Fsp3) is 0.944. The largest absolute Gasteiger partial charge is 0.444 e. The second-order valence-corrected chi connectivity index (χ2v) is 8.24. The number of hydrogen-bond acceptors (Lipinski definition) is 3. The van der Waals surface area contributed by atoms with Gasteiger partial charge in [0.05, 0.1) is 0 Å². The lowest BCUT2D eigenvalue weighted by molar-refractivity contribution is 0.0505. The molecule has 0 aromatic heterocycles. The van der Waals surface area contributed by atoms with Gasteiger partial charge in [-0.25, -0.2) is 4.79 Å². The molecule has 0 aliphatic heterocycles. The van der Waals surface area contributed by atoms with E-state index in [1.165, 1.54) is 32.1 Å². The van der Waals surface area contributed by atoms with Crippen molar-refractivity contribution in [1.29, 1.82) is 0 Å². The lowest BCUT2D eigenvalue weighted by Gasteiger charge is -2.27. The number of ether oxygens (including phenoxy) is 1. The third kappa shape index (κ3) is 5.79. The highest BCUT2D eigenvalue weighted by molar-refractivity contribution is 5.68. The summed E-state index contributed by atoms with van der Waals surface area (Å²) in [7, 11) is 0. The van der Waals surface area contributed by atoms with Crippen LogP contribution in [0.5, 0.6) is 0 Å². The highest BCUT2D eigenvalue weighted by Gasteiger charge is 2.30. The predicted octanol–water partition coefficient (Wildman–Crippen LogP) is 3.99. The minimum Gasteiger partial charge on any atom is -0.444 e. The van der Waals surface area contributed by atoms with E-state index in [9.17, 15) is 4.79 Å². The fourth-order valence-electron chi connectivity index (χ4n) is 3.78. The second kappa shape index (κ2) is 7.67. The Bertz CT molecular complexity index is 365. The lowest BCUT2D eigenvalue weighted by atomic mass is 9.96. The standard InChI is InChI=1S/C18H34N2O2/c1-13-8-6-5-7-9-16(13)19-14-10-11-15(12-14)20-17(21)22-18(2,3)4/h13-16,19H,5-12H2,1-4H3,(H,20,21). The summed E-state index contributed by atoms with van der Waals surface area (Å²) in [6, 6.07) is 1.46. The number of nitrogens with one attached hydrogen (secondary N) is 2. The summed E-state index contributed by atoms with van der Waals surface area (Å²) in [6.45, 7) is 8.09. The van der Waals surface area contributed by atoms with Crippen LogP contribution in [0.3, 0.4) is 0 Å². The number of alkyl carbamates (subject to hydrolysis) is 1. The Morgan fingerprint density at radius 3 is 2.41 bits per heavy atom. The Hall–Kier alpha value is -0.770. The van der Waals surface area contributed by atoms with Crippen LogP contribution in [0.25, 0.3) is 0 Å². The first-order valence-electron chi connectivity index (χ1n) is 9.09. The molecule has 4 atom stereocenters. The summed E-state index contributed by atoms with van der Waals surface area (Å²) in [4.78, 5) is 11.9. The Kier molecular flexibility index (Phi) is 6.13. The van der Waals surface area contributed by atoms with Gasteiger partial charge in [-0.1, -0.05) is 26.2 Å². The van der Waals surface area contributed by atoms with E-state index in [-0.39, 0.29) is 12.1 Å². The molecule has 2 rings (SSSR count). The molecule has 128 valence electrons. The van der Waals surface area contributed by atoms with Crippen molar-refractivity contribution in [2.75, 3.05) is 0 Å². The van der Waals surface area contributed by atoms with Crippen LogP contribution in [-0.4, -0.2) is 29.8 Å².